The first kappa shape index (κ1) is 26.7. The van der Waals surface area contributed by atoms with E-state index in [1.807, 2.05) is 43.3 Å². The van der Waals surface area contributed by atoms with E-state index in [9.17, 15) is 19.5 Å². The second-order valence-electron chi connectivity index (χ2n) is 9.29. The van der Waals surface area contributed by atoms with Gasteiger partial charge < -0.3 is 25.2 Å². The number of hydrogen-bond donors (Lipinski definition) is 3. The molecule has 198 valence electrons. The first-order valence-electron chi connectivity index (χ1n) is 12.7. The van der Waals surface area contributed by atoms with Gasteiger partial charge in [0, 0.05) is 12.3 Å². The lowest BCUT2D eigenvalue weighted by atomic mass is 9.98. The van der Waals surface area contributed by atoms with Crippen molar-refractivity contribution in [3.63, 3.8) is 0 Å². The van der Waals surface area contributed by atoms with Gasteiger partial charge in [-0.15, -0.1) is 0 Å². The quantitative estimate of drug-likeness (QED) is 0.346. The van der Waals surface area contributed by atoms with Gasteiger partial charge in [-0.3, -0.25) is 4.79 Å². The molecular weight excluding hydrogens is 484 g/mol. The molecule has 3 N–H and O–H groups in total. The Bertz CT molecular complexity index is 1240. The number of aromatic hydroxyl groups is 1. The number of alkyl carbamates (subject to hydrolysis) is 1. The topological polar surface area (TPSA) is 114 Å². The molecule has 0 spiro atoms. The van der Waals surface area contributed by atoms with Crippen LogP contribution in [0.25, 0.3) is 11.1 Å². The van der Waals surface area contributed by atoms with Crippen LogP contribution in [-0.4, -0.2) is 48.4 Å². The molecule has 8 heteroatoms. The van der Waals surface area contributed by atoms with Crippen LogP contribution in [0.4, 0.5) is 4.79 Å². The highest BCUT2D eigenvalue weighted by molar-refractivity contribution is 5.89. The number of amides is 2. The summed E-state index contributed by atoms with van der Waals surface area (Å²) >= 11 is 0. The third-order valence-corrected chi connectivity index (χ3v) is 6.50. The minimum atomic E-state index is -0.953. The fraction of sp³-hybridized carbons (Fsp3) is 0.300. The number of carbonyl (C=O) groups is 3. The van der Waals surface area contributed by atoms with E-state index in [0.29, 0.717) is 6.42 Å². The first-order chi connectivity index (χ1) is 18.4. The summed E-state index contributed by atoms with van der Waals surface area (Å²) in [4.78, 5) is 38.1. The number of fused-ring (bicyclic) bond motifs is 3. The number of rotatable bonds is 10. The summed E-state index contributed by atoms with van der Waals surface area (Å²) in [7, 11) is 0. The van der Waals surface area contributed by atoms with Crippen molar-refractivity contribution in [3.05, 3.63) is 89.5 Å². The lowest BCUT2D eigenvalue weighted by Gasteiger charge is -2.21. The maximum Gasteiger partial charge on any atom is 0.407 e. The second-order valence-corrected chi connectivity index (χ2v) is 9.29. The van der Waals surface area contributed by atoms with E-state index in [4.69, 9.17) is 9.47 Å². The summed E-state index contributed by atoms with van der Waals surface area (Å²) in [5.41, 5.74) is 5.17. The maximum atomic E-state index is 12.9. The highest BCUT2D eigenvalue weighted by Gasteiger charge is 2.30. The van der Waals surface area contributed by atoms with Gasteiger partial charge in [0.25, 0.3) is 0 Å². The monoisotopic (exact) mass is 516 g/mol. The molecule has 0 saturated heterocycles. The van der Waals surface area contributed by atoms with Crippen LogP contribution in [-0.2, 0) is 25.5 Å². The van der Waals surface area contributed by atoms with Gasteiger partial charge in [-0.2, -0.15) is 0 Å². The molecule has 0 aliphatic heterocycles. The largest absolute Gasteiger partial charge is 0.508 e. The summed E-state index contributed by atoms with van der Waals surface area (Å²) in [6, 6.07) is 20.5. The molecule has 1 aliphatic carbocycles. The number of ether oxygens (including phenoxy) is 2. The molecule has 3 aromatic rings. The lowest BCUT2D eigenvalue weighted by Crippen LogP contribution is -2.51. The molecule has 2 amide bonds. The zero-order chi connectivity index (χ0) is 27.1. The van der Waals surface area contributed by atoms with Crippen molar-refractivity contribution >= 4 is 18.0 Å². The van der Waals surface area contributed by atoms with Crippen molar-refractivity contribution in [3.8, 4) is 16.9 Å². The minimum absolute atomic E-state index is 0.0969. The van der Waals surface area contributed by atoms with Crippen molar-refractivity contribution in [2.75, 3.05) is 13.2 Å². The van der Waals surface area contributed by atoms with Gasteiger partial charge >= 0.3 is 12.1 Å². The minimum Gasteiger partial charge on any atom is -0.508 e. The van der Waals surface area contributed by atoms with Crippen molar-refractivity contribution in [1.29, 1.82) is 0 Å². The van der Waals surface area contributed by atoms with E-state index in [1.165, 1.54) is 19.1 Å². The number of phenols is 1. The fourth-order valence-electron chi connectivity index (χ4n) is 4.54. The molecule has 8 nitrogen and oxygen atoms in total. The van der Waals surface area contributed by atoms with Crippen LogP contribution in [0.5, 0.6) is 5.75 Å². The molecule has 0 bridgehead atoms. The van der Waals surface area contributed by atoms with Crippen LogP contribution < -0.4 is 10.6 Å². The van der Waals surface area contributed by atoms with Crippen LogP contribution in [0.1, 0.15) is 42.9 Å². The summed E-state index contributed by atoms with van der Waals surface area (Å²) in [5.74, 6) is -1.11. The summed E-state index contributed by atoms with van der Waals surface area (Å²) in [6.45, 7) is 3.75. The van der Waals surface area contributed by atoms with E-state index < -0.39 is 30.1 Å². The lowest BCUT2D eigenvalue weighted by molar-refractivity contribution is -0.148. The Balaban J connectivity index is 1.35. The van der Waals surface area contributed by atoms with Gasteiger partial charge in [0.1, 0.15) is 24.4 Å². The molecule has 0 heterocycles. The van der Waals surface area contributed by atoms with E-state index in [0.717, 1.165) is 27.8 Å². The third-order valence-electron chi connectivity index (χ3n) is 6.50. The van der Waals surface area contributed by atoms with Crippen LogP contribution >= 0.6 is 0 Å². The molecule has 3 aromatic carbocycles. The first-order valence-corrected chi connectivity index (χ1v) is 12.7. The zero-order valence-electron chi connectivity index (χ0n) is 21.5. The number of hydrogen-bond acceptors (Lipinski definition) is 6. The Hall–Kier alpha value is -4.33. The second kappa shape index (κ2) is 12.3. The number of carbonyl (C=O) groups excluding carboxylic acids is 3. The van der Waals surface area contributed by atoms with E-state index in [1.54, 1.807) is 12.1 Å². The average molecular weight is 517 g/mol. The maximum absolute atomic E-state index is 12.9. The normalized spacial score (nSPS) is 13.5. The van der Waals surface area contributed by atoms with Crippen LogP contribution in [0.2, 0.25) is 0 Å². The standard InChI is InChI=1S/C30H32N2O6/c1-3-16-37-29(35)27(17-20-12-14-21(33)15-13-20)32-28(34)19(2)31-30(36)38-18-26-24-10-6-4-8-22(24)23-9-5-7-11-25(23)26/h4-15,19,26-27,33H,3,16-18H2,1-2H3,(H,31,36)(H,32,34)/t19-,27-/m0/s1. The molecule has 0 saturated carbocycles. The van der Waals surface area contributed by atoms with Crippen molar-refractivity contribution < 1.29 is 29.0 Å². The zero-order valence-corrected chi connectivity index (χ0v) is 21.5. The Labute approximate surface area is 222 Å². The molecule has 0 radical (unpaired) electrons. The van der Waals surface area contributed by atoms with Gasteiger partial charge in [0.2, 0.25) is 5.91 Å². The summed E-state index contributed by atoms with van der Waals surface area (Å²) in [6.07, 6.45) is 0.0931. The Morgan fingerprint density at radius 3 is 2.08 bits per heavy atom. The summed E-state index contributed by atoms with van der Waals surface area (Å²) in [5, 5.41) is 14.7. The molecule has 1 aliphatic rings. The number of esters is 1. The molecule has 0 aromatic heterocycles. The third kappa shape index (κ3) is 6.32. The number of benzene rings is 3. The Morgan fingerprint density at radius 1 is 0.868 bits per heavy atom. The smallest absolute Gasteiger partial charge is 0.407 e. The van der Waals surface area contributed by atoms with Crippen molar-refractivity contribution in [1.82, 2.24) is 10.6 Å². The summed E-state index contributed by atoms with van der Waals surface area (Å²) < 4.78 is 10.8. The van der Waals surface area contributed by atoms with Gasteiger partial charge in [0.05, 0.1) is 6.61 Å². The number of phenolic OH excluding ortho intramolecular Hbond substituents is 1. The Morgan fingerprint density at radius 2 is 1.47 bits per heavy atom. The molecule has 0 unspecified atom stereocenters. The molecular formula is C30H32N2O6. The molecule has 38 heavy (non-hydrogen) atoms. The Kier molecular flexibility index (Phi) is 8.63. The van der Waals surface area contributed by atoms with Gasteiger partial charge in [-0.25, -0.2) is 9.59 Å². The predicted molar refractivity (Wildman–Crippen MR) is 143 cm³/mol. The van der Waals surface area contributed by atoms with E-state index in [-0.39, 0.29) is 31.3 Å². The fourth-order valence-corrected chi connectivity index (χ4v) is 4.54. The van der Waals surface area contributed by atoms with Crippen LogP contribution in [0.15, 0.2) is 72.8 Å². The van der Waals surface area contributed by atoms with Gasteiger partial charge in [-0.05, 0) is 53.3 Å². The van der Waals surface area contributed by atoms with Crippen LogP contribution in [0.3, 0.4) is 0 Å². The van der Waals surface area contributed by atoms with Crippen molar-refractivity contribution in [2.24, 2.45) is 0 Å². The highest BCUT2D eigenvalue weighted by Crippen LogP contribution is 2.44. The average Bonchev–Trinajstić information content (AvgIpc) is 3.25. The van der Waals surface area contributed by atoms with E-state index in [2.05, 4.69) is 22.8 Å². The van der Waals surface area contributed by atoms with E-state index >= 15 is 0 Å². The molecule has 4 rings (SSSR count). The molecule has 2 atom stereocenters. The van der Waals surface area contributed by atoms with Crippen molar-refractivity contribution in [2.45, 2.75) is 44.7 Å². The van der Waals surface area contributed by atoms with Gasteiger partial charge in [0.15, 0.2) is 0 Å². The number of nitrogens with one attached hydrogen (secondary N) is 2. The SMILES string of the molecule is CCCOC(=O)[C@H](Cc1ccc(O)cc1)NC(=O)[C@H](C)NC(=O)OCC1c2ccccc2-c2ccccc21. The predicted octanol–water partition coefficient (Wildman–Crippen LogP) is 4.30. The van der Waals surface area contributed by atoms with Gasteiger partial charge in [-0.1, -0.05) is 67.6 Å². The highest BCUT2D eigenvalue weighted by atomic mass is 16.5. The molecule has 0 fully saturated rings. The van der Waals surface area contributed by atoms with Crippen LogP contribution in [0, 0.1) is 0 Å².